The normalized spacial score (nSPS) is 38.5. The number of carbonyl (C=O) groups excluding carboxylic acids is 2. The van der Waals surface area contributed by atoms with Crippen molar-refractivity contribution in [2.24, 2.45) is 11.8 Å². The summed E-state index contributed by atoms with van der Waals surface area (Å²) in [5.74, 6) is 1.03. The van der Waals surface area contributed by atoms with Crippen molar-refractivity contribution >= 4 is 11.8 Å². The van der Waals surface area contributed by atoms with E-state index in [1.165, 1.54) is 0 Å². The van der Waals surface area contributed by atoms with E-state index in [0.717, 1.165) is 32.4 Å². The molecule has 0 radical (unpaired) electrons. The van der Waals surface area contributed by atoms with Crippen LogP contribution in [-0.4, -0.2) is 59.9 Å². The summed E-state index contributed by atoms with van der Waals surface area (Å²) in [6.45, 7) is 6.21. The molecule has 3 fully saturated rings. The van der Waals surface area contributed by atoms with Crippen molar-refractivity contribution in [2.45, 2.75) is 57.7 Å². The van der Waals surface area contributed by atoms with Crippen LogP contribution in [0.2, 0.25) is 0 Å². The molecule has 5 nitrogen and oxygen atoms in total. The van der Waals surface area contributed by atoms with Gasteiger partial charge in [-0.25, -0.2) is 0 Å². The summed E-state index contributed by atoms with van der Waals surface area (Å²) < 4.78 is 0. The Balaban J connectivity index is 1.84. The lowest BCUT2D eigenvalue weighted by atomic mass is 9.88. The molecule has 3 aliphatic rings. The minimum absolute atomic E-state index is 0.0557. The van der Waals surface area contributed by atoms with Crippen molar-refractivity contribution in [1.82, 2.24) is 15.1 Å². The van der Waals surface area contributed by atoms with E-state index in [2.05, 4.69) is 24.2 Å². The van der Waals surface area contributed by atoms with Gasteiger partial charge >= 0.3 is 0 Å². The molecule has 3 rings (SSSR count). The average molecular weight is 293 g/mol. The Morgan fingerprint density at radius 1 is 1.24 bits per heavy atom. The van der Waals surface area contributed by atoms with Gasteiger partial charge in [0.05, 0.1) is 0 Å². The molecular formula is C16H27N3O2. The Morgan fingerprint density at radius 2 is 1.95 bits per heavy atom. The van der Waals surface area contributed by atoms with Gasteiger partial charge in [0.15, 0.2) is 0 Å². The number of piperidine rings is 1. The lowest BCUT2D eigenvalue weighted by Gasteiger charge is -2.48. The molecule has 118 valence electrons. The third-order valence-corrected chi connectivity index (χ3v) is 5.36. The van der Waals surface area contributed by atoms with Gasteiger partial charge in [-0.05, 0) is 51.1 Å². The second kappa shape index (κ2) is 5.59. The van der Waals surface area contributed by atoms with Gasteiger partial charge in [-0.15, -0.1) is 0 Å². The third-order valence-electron chi connectivity index (χ3n) is 5.36. The van der Waals surface area contributed by atoms with Crippen LogP contribution in [0.4, 0.5) is 0 Å². The van der Waals surface area contributed by atoms with Gasteiger partial charge in [0, 0.05) is 12.6 Å². The van der Waals surface area contributed by atoms with Gasteiger partial charge < -0.3 is 15.1 Å². The van der Waals surface area contributed by atoms with E-state index >= 15 is 0 Å². The van der Waals surface area contributed by atoms with E-state index in [0.29, 0.717) is 18.3 Å². The van der Waals surface area contributed by atoms with Gasteiger partial charge in [0.2, 0.25) is 11.8 Å². The Morgan fingerprint density at radius 3 is 2.52 bits per heavy atom. The number of hydrogen-bond donors (Lipinski definition) is 1. The third kappa shape index (κ3) is 2.68. The molecule has 2 heterocycles. The zero-order valence-corrected chi connectivity index (χ0v) is 13.3. The van der Waals surface area contributed by atoms with Crippen molar-refractivity contribution in [2.75, 3.05) is 20.1 Å². The lowest BCUT2D eigenvalue weighted by molar-refractivity contribution is -0.155. The highest BCUT2D eigenvalue weighted by molar-refractivity contribution is 5.97. The quantitative estimate of drug-likeness (QED) is 0.839. The summed E-state index contributed by atoms with van der Waals surface area (Å²) in [6.07, 6.45) is 3.83. The number of rotatable bonds is 3. The van der Waals surface area contributed by atoms with Crippen LogP contribution in [0.25, 0.3) is 0 Å². The summed E-state index contributed by atoms with van der Waals surface area (Å²) >= 11 is 0. The average Bonchev–Trinajstić information content (AvgIpc) is 3.26. The maximum Gasteiger partial charge on any atom is 0.246 e. The van der Waals surface area contributed by atoms with E-state index in [9.17, 15) is 9.59 Å². The fraction of sp³-hybridized carbons (Fsp3) is 0.875. The number of nitrogens with zero attached hydrogens (tertiary/aromatic N) is 2. The molecule has 0 spiro atoms. The fourth-order valence-electron chi connectivity index (χ4n) is 4.03. The number of carbonyl (C=O) groups is 2. The standard InChI is InChI=1S/C16H27N3O2/c1-4-12-15(20)17-14(11-5-6-11)16(21)19(12)13-7-8-18(3)9-10(13)2/h10-14H,4-9H2,1-3H3,(H,17,20). The van der Waals surface area contributed by atoms with Crippen molar-refractivity contribution in [1.29, 1.82) is 0 Å². The second-order valence-electron chi connectivity index (χ2n) is 7.09. The zero-order valence-electron chi connectivity index (χ0n) is 13.3. The number of hydrogen-bond acceptors (Lipinski definition) is 3. The fourth-order valence-corrected chi connectivity index (χ4v) is 4.03. The molecule has 0 aromatic rings. The molecule has 1 saturated carbocycles. The summed E-state index contributed by atoms with van der Waals surface area (Å²) in [6, 6.07) is -0.318. The first kappa shape index (κ1) is 14.8. The minimum Gasteiger partial charge on any atom is -0.342 e. The van der Waals surface area contributed by atoms with Gasteiger partial charge in [0.1, 0.15) is 12.1 Å². The highest BCUT2D eigenvalue weighted by atomic mass is 16.2. The maximum absolute atomic E-state index is 12.9. The molecule has 0 aromatic heterocycles. The highest BCUT2D eigenvalue weighted by Gasteiger charge is 2.49. The van der Waals surface area contributed by atoms with Crippen LogP contribution in [0.15, 0.2) is 0 Å². The molecule has 1 aliphatic carbocycles. The number of amides is 2. The molecule has 2 aliphatic heterocycles. The molecule has 4 atom stereocenters. The molecule has 0 aromatic carbocycles. The first-order valence-corrected chi connectivity index (χ1v) is 8.34. The number of nitrogens with one attached hydrogen (secondary N) is 1. The van der Waals surface area contributed by atoms with E-state index in [-0.39, 0.29) is 29.9 Å². The van der Waals surface area contributed by atoms with Crippen molar-refractivity contribution in [3.63, 3.8) is 0 Å². The Hall–Kier alpha value is -1.10. The predicted molar refractivity (Wildman–Crippen MR) is 80.6 cm³/mol. The Bertz CT molecular complexity index is 435. The molecule has 1 N–H and O–H groups in total. The van der Waals surface area contributed by atoms with E-state index in [1.54, 1.807) is 0 Å². The smallest absolute Gasteiger partial charge is 0.246 e. The van der Waals surface area contributed by atoms with Crippen LogP contribution in [0.5, 0.6) is 0 Å². The van der Waals surface area contributed by atoms with Gasteiger partial charge in [-0.1, -0.05) is 13.8 Å². The summed E-state index contributed by atoms with van der Waals surface area (Å²) in [5, 5.41) is 2.98. The molecule has 21 heavy (non-hydrogen) atoms. The topological polar surface area (TPSA) is 52.7 Å². The lowest BCUT2D eigenvalue weighted by Crippen LogP contribution is -2.68. The van der Waals surface area contributed by atoms with Crippen molar-refractivity contribution in [3.8, 4) is 0 Å². The van der Waals surface area contributed by atoms with E-state index in [1.807, 2.05) is 11.8 Å². The summed E-state index contributed by atoms with van der Waals surface area (Å²) in [4.78, 5) is 29.6. The summed E-state index contributed by atoms with van der Waals surface area (Å²) in [7, 11) is 2.13. The molecule has 5 heteroatoms. The van der Waals surface area contributed by atoms with Crippen LogP contribution < -0.4 is 5.32 Å². The predicted octanol–water partition coefficient (Wildman–Crippen LogP) is 0.842. The molecule has 2 amide bonds. The number of likely N-dealkylation sites (tertiary alicyclic amines) is 1. The highest BCUT2D eigenvalue weighted by Crippen LogP contribution is 2.37. The zero-order chi connectivity index (χ0) is 15.1. The first-order chi connectivity index (χ1) is 10.0. The summed E-state index contributed by atoms with van der Waals surface area (Å²) in [5.41, 5.74) is 0. The van der Waals surface area contributed by atoms with Crippen LogP contribution >= 0.6 is 0 Å². The molecule has 0 bridgehead atoms. The molecular weight excluding hydrogens is 266 g/mol. The Labute approximate surface area is 127 Å². The van der Waals surface area contributed by atoms with Crippen LogP contribution in [0, 0.1) is 11.8 Å². The maximum atomic E-state index is 12.9. The van der Waals surface area contributed by atoms with Crippen molar-refractivity contribution < 1.29 is 9.59 Å². The monoisotopic (exact) mass is 293 g/mol. The van der Waals surface area contributed by atoms with Crippen LogP contribution in [0.1, 0.15) is 39.5 Å². The van der Waals surface area contributed by atoms with Crippen molar-refractivity contribution in [3.05, 3.63) is 0 Å². The van der Waals surface area contributed by atoms with Crippen LogP contribution in [0.3, 0.4) is 0 Å². The molecule has 4 unspecified atom stereocenters. The van der Waals surface area contributed by atoms with Gasteiger partial charge in [-0.2, -0.15) is 0 Å². The molecule has 2 saturated heterocycles. The van der Waals surface area contributed by atoms with Gasteiger partial charge in [0.25, 0.3) is 0 Å². The van der Waals surface area contributed by atoms with E-state index < -0.39 is 0 Å². The van der Waals surface area contributed by atoms with Gasteiger partial charge in [-0.3, -0.25) is 9.59 Å². The minimum atomic E-state index is -0.275. The first-order valence-electron chi connectivity index (χ1n) is 8.34. The Kier molecular flexibility index (Phi) is 3.95. The number of piperazine rings is 1. The van der Waals surface area contributed by atoms with Crippen LogP contribution in [-0.2, 0) is 9.59 Å². The van der Waals surface area contributed by atoms with E-state index in [4.69, 9.17) is 0 Å². The second-order valence-corrected chi connectivity index (χ2v) is 7.09. The largest absolute Gasteiger partial charge is 0.342 e. The SMILES string of the molecule is CCC1C(=O)NC(C2CC2)C(=O)N1C1CCN(C)CC1C.